The molecule has 266 valence electrons. The second-order valence-corrected chi connectivity index (χ2v) is 13.5. The summed E-state index contributed by atoms with van der Waals surface area (Å²) >= 11 is 0. The molecule has 3 fully saturated rings. The number of fused-ring (bicyclic) bond motifs is 1. The fourth-order valence-corrected chi connectivity index (χ4v) is 8.10. The number of carbonyl (C=O) groups is 5. The zero-order valence-electron chi connectivity index (χ0n) is 28.0. The molecule has 0 aromatic carbocycles. The van der Waals surface area contributed by atoms with Crippen molar-refractivity contribution in [1.82, 2.24) is 4.98 Å². The third kappa shape index (κ3) is 5.54. The van der Waals surface area contributed by atoms with E-state index in [4.69, 9.17) is 37.3 Å². The quantitative estimate of drug-likeness (QED) is 0.252. The van der Waals surface area contributed by atoms with Crippen LogP contribution in [0.3, 0.4) is 0 Å². The maximum absolute atomic E-state index is 13.9. The van der Waals surface area contributed by atoms with Gasteiger partial charge in [0.05, 0.1) is 46.3 Å². The summed E-state index contributed by atoms with van der Waals surface area (Å²) in [4.78, 5) is 71.0. The Morgan fingerprint density at radius 3 is 2.04 bits per heavy atom. The largest absolute Gasteiger partial charge is 0.472 e. The van der Waals surface area contributed by atoms with Crippen molar-refractivity contribution >= 4 is 29.8 Å². The van der Waals surface area contributed by atoms with Gasteiger partial charge in [0.1, 0.15) is 42.9 Å². The van der Waals surface area contributed by atoms with E-state index in [1.165, 1.54) is 62.4 Å². The molecular weight excluding hydrogens is 658 g/mol. The van der Waals surface area contributed by atoms with Crippen molar-refractivity contribution in [3.8, 4) is 0 Å². The smallest absolute Gasteiger partial charge is 0.341 e. The summed E-state index contributed by atoms with van der Waals surface area (Å²) in [5.41, 5.74) is -7.52. The fourth-order valence-electron chi connectivity index (χ4n) is 8.10. The lowest BCUT2D eigenvalue weighted by atomic mass is 9.46. The van der Waals surface area contributed by atoms with Gasteiger partial charge in [-0.15, -0.1) is 0 Å². The number of aromatic nitrogens is 1. The predicted molar refractivity (Wildman–Crippen MR) is 165 cm³/mol. The molecule has 8 unspecified atom stereocenters. The van der Waals surface area contributed by atoms with E-state index in [2.05, 4.69) is 4.98 Å². The molecule has 6 rings (SSSR count). The lowest BCUT2D eigenvalue weighted by Gasteiger charge is -2.65. The third-order valence-corrected chi connectivity index (χ3v) is 10.0. The lowest BCUT2D eigenvalue weighted by molar-refractivity contribution is -0.346. The standard InChI is InChI=1S/C35H37NO14/c1-19(37)45-18-34-24(47-30(40)22-9-13-43-16-22)8-11-33(5,42)35(34)27(46-20(2)38)25(32(3,4)50-35)26(48-29(39)21-7-6-12-36-15-21)28(34)49-31(41)23-10-14-44-17-23/h6-7,9-10,12-17,24-28,42H,8,11,18H2,1-5H3. The normalized spacial score (nSPS) is 32.2. The average Bonchev–Trinajstić information content (AvgIpc) is 3.82. The van der Waals surface area contributed by atoms with Gasteiger partial charge in [0.25, 0.3) is 0 Å². The first-order valence-electron chi connectivity index (χ1n) is 15.9. The van der Waals surface area contributed by atoms with E-state index in [1.807, 2.05) is 0 Å². The summed E-state index contributed by atoms with van der Waals surface area (Å²) in [6.07, 6.45) is 1.34. The Labute approximate surface area is 286 Å². The molecule has 1 aliphatic heterocycles. The van der Waals surface area contributed by atoms with E-state index >= 15 is 0 Å². The Balaban J connectivity index is 1.64. The molecule has 2 bridgehead atoms. The maximum atomic E-state index is 13.9. The molecule has 2 saturated carbocycles. The van der Waals surface area contributed by atoms with Crippen molar-refractivity contribution in [3.63, 3.8) is 0 Å². The van der Waals surface area contributed by atoms with Crippen molar-refractivity contribution in [2.75, 3.05) is 6.61 Å². The van der Waals surface area contributed by atoms with Crippen molar-refractivity contribution in [2.24, 2.45) is 11.3 Å². The third-order valence-electron chi connectivity index (χ3n) is 10.0. The molecule has 15 nitrogen and oxygen atoms in total. The summed E-state index contributed by atoms with van der Waals surface area (Å²) in [7, 11) is 0. The van der Waals surface area contributed by atoms with Crippen LogP contribution in [0.25, 0.3) is 0 Å². The number of aliphatic hydroxyl groups is 1. The van der Waals surface area contributed by atoms with E-state index < -0.39 is 89.0 Å². The first kappa shape index (κ1) is 34.8. The van der Waals surface area contributed by atoms with Gasteiger partial charge in [-0.2, -0.15) is 0 Å². The minimum Gasteiger partial charge on any atom is -0.472 e. The van der Waals surface area contributed by atoms with Crippen LogP contribution < -0.4 is 0 Å². The van der Waals surface area contributed by atoms with Gasteiger partial charge in [0.15, 0.2) is 11.7 Å². The van der Waals surface area contributed by atoms with Gasteiger partial charge in [0.2, 0.25) is 0 Å². The number of nitrogens with zero attached hydrogens (tertiary/aromatic N) is 1. The SMILES string of the molecule is CC(=O)OCC12C(OC(=O)c3ccoc3)CCC(C)(O)C13OC(C)(C)C(C(OC(=O)c1cccnc1)C2OC(=O)c1ccoc1)C3OC(C)=O. The van der Waals surface area contributed by atoms with Crippen LogP contribution in [0.15, 0.2) is 70.5 Å². The molecule has 15 heteroatoms. The fraction of sp³-hybridized carbons (Fsp3) is 0.486. The summed E-state index contributed by atoms with van der Waals surface area (Å²) in [6.45, 7) is 6.32. The number of rotatable bonds is 9. The highest BCUT2D eigenvalue weighted by Crippen LogP contribution is 2.69. The van der Waals surface area contributed by atoms with Crippen molar-refractivity contribution in [2.45, 2.75) is 88.7 Å². The molecule has 3 aromatic rings. The number of furan rings is 2. The molecule has 50 heavy (non-hydrogen) atoms. The first-order valence-corrected chi connectivity index (χ1v) is 15.9. The molecule has 3 aliphatic rings. The number of carbonyl (C=O) groups excluding carboxylic acids is 5. The Morgan fingerprint density at radius 2 is 1.48 bits per heavy atom. The summed E-state index contributed by atoms with van der Waals surface area (Å²) < 4.78 is 47.5. The second kappa shape index (κ2) is 12.7. The van der Waals surface area contributed by atoms with Crippen LogP contribution in [0.2, 0.25) is 0 Å². The van der Waals surface area contributed by atoms with E-state index in [-0.39, 0.29) is 29.5 Å². The van der Waals surface area contributed by atoms with Crippen LogP contribution in [-0.4, -0.2) is 87.8 Å². The molecule has 0 amide bonds. The van der Waals surface area contributed by atoms with E-state index in [9.17, 15) is 29.1 Å². The highest BCUT2D eigenvalue weighted by atomic mass is 16.6. The summed E-state index contributed by atoms with van der Waals surface area (Å²) in [5.74, 6) is -5.38. The van der Waals surface area contributed by atoms with Crippen LogP contribution in [-0.2, 0) is 38.0 Å². The monoisotopic (exact) mass is 695 g/mol. The topological polar surface area (TPSA) is 200 Å². The number of hydrogen-bond donors (Lipinski definition) is 1. The maximum Gasteiger partial charge on any atom is 0.341 e. The van der Waals surface area contributed by atoms with E-state index in [0.29, 0.717) is 0 Å². The Kier molecular flexibility index (Phi) is 8.85. The molecule has 3 aromatic heterocycles. The summed E-state index contributed by atoms with van der Waals surface area (Å²) in [5, 5.41) is 12.5. The molecule has 2 aliphatic carbocycles. The number of ether oxygens (including phenoxy) is 6. The van der Waals surface area contributed by atoms with Gasteiger partial charge in [-0.05, 0) is 57.9 Å². The number of pyridine rings is 1. The van der Waals surface area contributed by atoms with Crippen molar-refractivity contribution < 1.29 is 66.3 Å². The molecule has 1 saturated heterocycles. The first-order chi connectivity index (χ1) is 23.6. The van der Waals surface area contributed by atoms with Gasteiger partial charge in [-0.3, -0.25) is 14.6 Å². The lowest BCUT2D eigenvalue weighted by Crippen LogP contribution is -2.83. The van der Waals surface area contributed by atoms with Gasteiger partial charge in [-0.25, -0.2) is 14.4 Å². The van der Waals surface area contributed by atoms with Gasteiger partial charge in [0, 0.05) is 26.2 Å². The predicted octanol–water partition coefficient (Wildman–Crippen LogP) is 3.45. The Hall–Kier alpha value is -5.02. The van der Waals surface area contributed by atoms with Crippen LogP contribution in [0.5, 0.6) is 0 Å². The molecule has 0 radical (unpaired) electrons. The minimum atomic E-state index is -2.12. The average molecular weight is 696 g/mol. The zero-order chi connectivity index (χ0) is 36.1. The van der Waals surface area contributed by atoms with Crippen LogP contribution in [0.1, 0.15) is 78.5 Å². The summed E-state index contributed by atoms with van der Waals surface area (Å²) in [6, 6.07) is 5.71. The number of esters is 5. The van der Waals surface area contributed by atoms with Crippen LogP contribution in [0.4, 0.5) is 0 Å². The van der Waals surface area contributed by atoms with Gasteiger partial charge >= 0.3 is 29.8 Å². The highest BCUT2D eigenvalue weighted by molar-refractivity contribution is 5.90. The van der Waals surface area contributed by atoms with E-state index in [1.54, 1.807) is 13.8 Å². The van der Waals surface area contributed by atoms with E-state index in [0.717, 1.165) is 20.1 Å². The molecule has 8 atom stereocenters. The molecule has 4 heterocycles. The van der Waals surface area contributed by atoms with Crippen molar-refractivity contribution in [3.05, 3.63) is 78.4 Å². The van der Waals surface area contributed by atoms with Crippen molar-refractivity contribution in [1.29, 1.82) is 0 Å². The minimum absolute atomic E-state index is 0.0248. The molecular formula is C35H37NO14. The highest BCUT2D eigenvalue weighted by Gasteiger charge is 2.87. The Morgan fingerprint density at radius 1 is 0.840 bits per heavy atom. The second-order valence-electron chi connectivity index (χ2n) is 13.5. The molecule has 1 spiro atoms. The van der Waals surface area contributed by atoms with Gasteiger partial charge in [-0.1, -0.05) is 0 Å². The van der Waals surface area contributed by atoms with Crippen LogP contribution >= 0.6 is 0 Å². The van der Waals surface area contributed by atoms with Crippen LogP contribution in [0, 0.1) is 11.3 Å². The van der Waals surface area contributed by atoms with Gasteiger partial charge < -0.3 is 42.4 Å². The zero-order valence-corrected chi connectivity index (χ0v) is 28.0. The number of hydrogen-bond acceptors (Lipinski definition) is 15. The molecule has 1 N–H and O–H groups in total. The Bertz CT molecular complexity index is 1750.